The zero-order chi connectivity index (χ0) is 38.5. The van der Waals surface area contributed by atoms with Gasteiger partial charge in [0.15, 0.2) is 0 Å². The fraction of sp³-hybridized carbons (Fsp3) is 0.381. The molecule has 56 heavy (non-hydrogen) atoms. The first-order valence-electron chi connectivity index (χ1n) is 19.2. The van der Waals surface area contributed by atoms with Gasteiger partial charge in [0.05, 0.1) is 47.7 Å². The molecule has 0 N–H and O–H groups in total. The lowest BCUT2D eigenvalue weighted by Gasteiger charge is -2.27. The molecule has 0 bridgehead atoms. The number of benzene rings is 2. The third-order valence-corrected chi connectivity index (χ3v) is 12.3. The molecule has 2 amide bonds. The molecule has 4 aromatic heterocycles. The minimum atomic E-state index is 0.107. The topological polar surface area (TPSA) is 120 Å². The van der Waals surface area contributed by atoms with Gasteiger partial charge in [-0.2, -0.15) is 10.2 Å². The molecule has 2 saturated heterocycles. The van der Waals surface area contributed by atoms with E-state index in [4.69, 9.17) is 19.7 Å². The van der Waals surface area contributed by atoms with Crippen molar-refractivity contribution in [3.63, 3.8) is 0 Å². The molecule has 2 aromatic carbocycles. The van der Waals surface area contributed by atoms with E-state index in [1.54, 1.807) is 13.8 Å². The van der Waals surface area contributed by atoms with Crippen molar-refractivity contribution in [1.29, 1.82) is 0 Å². The van der Waals surface area contributed by atoms with Crippen molar-refractivity contribution >= 4 is 65.5 Å². The Balaban J connectivity index is 0.000000146. The zero-order valence-corrected chi connectivity index (χ0v) is 34.6. The van der Waals surface area contributed by atoms with Gasteiger partial charge in [-0.15, -0.1) is 0 Å². The van der Waals surface area contributed by atoms with E-state index >= 15 is 0 Å². The number of hydrogen-bond donors (Lipinski definition) is 0. The molecule has 10 rings (SSSR count). The van der Waals surface area contributed by atoms with E-state index in [9.17, 15) is 9.59 Å². The van der Waals surface area contributed by atoms with Crippen LogP contribution in [0.15, 0.2) is 69.9 Å². The molecular formula is C42H42Br2N8O4. The quantitative estimate of drug-likeness (QED) is 0.168. The second-order valence-corrected chi connectivity index (χ2v) is 16.6. The number of carbonyl (C=O) groups is 2. The first-order chi connectivity index (χ1) is 27.2. The fourth-order valence-corrected chi connectivity index (χ4v) is 9.22. The largest absolute Gasteiger partial charge is 0.379 e. The Morgan fingerprint density at radius 1 is 0.714 bits per heavy atom. The van der Waals surface area contributed by atoms with E-state index in [1.807, 2.05) is 46.3 Å². The Hall–Kier alpha value is -4.50. The predicted molar refractivity (Wildman–Crippen MR) is 220 cm³/mol. The molecule has 4 aliphatic heterocycles. The van der Waals surface area contributed by atoms with Crippen molar-refractivity contribution in [3.8, 4) is 22.5 Å². The van der Waals surface area contributed by atoms with Crippen LogP contribution in [0.5, 0.6) is 0 Å². The van der Waals surface area contributed by atoms with Crippen LogP contribution in [0.1, 0.15) is 61.3 Å². The number of nitrogens with zero attached hydrogens (tertiary/aromatic N) is 8. The highest BCUT2D eigenvalue weighted by molar-refractivity contribution is 9.10. The van der Waals surface area contributed by atoms with Gasteiger partial charge in [-0.1, -0.05) is 24.3 Å². The SMILES string of the molecule is CC(=O)N1CCc2c(c(-c3cccc4nc(Br)ccc34)nn2[C@H]2CCOC2)C1.CC(=O)N1CCc2c(c(-c3cccc4ncc(Br)cc34)nn2[C@H]2CCOC2)C1. The van der Waals surface area contributed by atoms with E-state index in [2.05, 4.69) is 75.5 Å². The maximum atomic E-state index is 12.0. The summed E-state index contributed by atoms with van der Waals surface area (Å²) in [5.74, 6) is 0.216. The van der Waals surface area contributed by atoms with Gasteiger partial charge >= 0.3 is 0 Å². The first-order valence-corrected chi connectivity index (χ1v) is 20.8. The number of rotatable bonds is 4. The van der Waals surface area contributed by atoms with Crippen molar-refractivity contribution in [2.75, 3.05) is 39.5 Å². The molecule has 6 aromatic rings. The van der Waals surface area contributed by atoms with Crippen LogP contribution < -0.4 is 0 Å². The van der Waals surface area contributed by atoms with E-state index in [0.717, 1.165) is 117 Å². The van der Waals surface area contributed by atoms with Crippen molar-refractivity contribution in [1.82, 2.24) is 39.3 Å². The summed E-state index contributed by atoms with van der Waals surface area (Å²) in [5.41, 5.74) is 10.7. The van der Waals surface area contributed by atoms with Gasteiger partial charge < -0.3 is 19.3 Å². The van der Waals surface area contributed by atoms with Crippen molar-refractivity contribution in [3.05, 3.63) is 92.4 Å². The molecule has 0 saturated carbocycles. The van der Waals surface area contributed by atoms with E-state index in [-0.39, 0.29) is 23.9 Å². The second-order valence-electron chi connectivity index (χ2n) is 14.9. The molecular weight excluding hydrogens is 840 g/mol. The summed E-state index contributed by atoms with van der Waals surface area (Å²) >= 11 is 7.00. The number of fused-ring (bicyclic) bond motifs is 4. The van der Waals surface area contributed by atoms with E-state index in [1.165, 1.54) is 11.4 Å². The Labute approximate surface area is 341 Å². The molecule has 8 heterocycles. The number of hydrogen-bond acceptors (Lipinski definition) is 8. The number of carbonyl (C=O) groups excluding carboxylic acids is 2. The molecule has 0 spiro atoms. The van der Waals surface area contributed by atoms with Gasteiger partial charge in [-0.05, 0) is 75.0 Å². The van der Waals surface area contributed by atoms with Crippen LogP contribution in [0.3, 0.4) is 0 Å². The van der Waals surface area contributed by atoms with Crippen LogP contribution in [-0.2, 0) is 45.0 Å². The van der Waals surface area contributed by atoms with Gasteiger partial charge in [-0.3, -0.25) is 23.9 Å². The smallest absolute Gasteiger partial charge is 0.219 e. The average Bonchev–Trinajstić information content (AvgIpc) is 4.04. The highest BCUT2D eigenvalue weighted by Gasteiger charge is 2.33. The van der Waals surface area contributed by atoms with Crippen LogP contribution >= 0.6 is 31.9 Å². The minimum absolute atomic E-state index is 0.107. The Morgan fingerprint density at radius 3 is 1.80 bits per heavy atom. The standard InChI is InChI=1S/2C21H21BrN4O2/c1-13(27)25-7-5-20-18(11-25)21(24-26(20)15-6-8-28-12-15)16-3-2-4-19-17(16)9-14(22)10-23-19;1-13(27)25-9-7-19-17(11-25)21(24-26(19)14-8-10-28-12-14)16-3-2-4-18-15(16)5-6-20(22)23-18/h2-4,9-10,15H,5-8,11-12H2,1H3;2-6,14H,7-12H2,1H3/t15-;14-/m00/s1. The summed E-state index contributed by atoms with van der Waals surface area (Å²) in [6, 6.07) is 18.9. The predicted octanol–water partition coefficient (Wildman–Crippen LogP) is 7.45. The van der Waals surface area contributed by atoms with Gasteiger partial charge in [0.2, 0.25) is 11.8 Å². The summed E-state index contributed by atoms with van der Waals surface area (Å²) in [4.78, 5) is 37.0. The number of pyridine rings is 2. The second kappa shape index (κ2) is 15.4. The third-order valence-electron chi connectivity index (χ3n) is 11.5. The lowest BCUT2D eigenvalue weighted by atomic mass is 9.98. The first kappa shape index (κ1) is 37.1. The highest BCUT2D eigenvalue weighted by atomic mass is 79.9. The lowest BCUT2D eigenvalue weighted by Crippen LogP contribution is -2.35. The minimum Gasteiger partial charge on any atom is -0.379 e. The number of ether oxygens (including phenoxy) is 2. The van der Waals surface area contributed by atoms with Crippen LogP contribution in [0.25, 0.3) is 44.3 Å². The maximum absolute atomic E-state index is 12.0. The monoisotopic (exact) mass is 880 g/mol. The van der Waals surface area contributed by atoms with E-state index < -0.39 is 0 Å². The van der Waals surface area contributed by atoms with Crippen LogP contribution in [0.2, 0.25) is 0 Å². The van der Waals surface area contributed by atoms with Crippen molar-refractivity contribution < 1.29 is 19.1 Å². The Kier molecular flexibility index (Phi) is 10.2. The normalized spacial score (nSPS) is 19.2. The van der Waals surface area contributed by atoms with Crippen LogP contribution in [-0.4, -0.2) is 90.7 Å². The molecule has 12 nitrogen and oxygen atoms in total. The summed E-state index contributed by atoms with van der Waals surface area (Å²) in [6.45, 7) is 8.92. The number of aromatic nitrogens is 6. The molecule has 0 unspecified atom stereocenters. The molecule has 0 radical (unpaired) electrons. The molecule has 14 heteroatoms. The molecule has 0 aliphatic carbocycles. The summed E-state index contributed by atoms with van der Waals surface area (Å²) in [7, 11) is 0. The summed E-state index contributed by atoms with van der Waals surface area (Å²) in [6.07, 6.45) is 5.42. The van der Waals surface area contributed by atoms with Crippen molar-refractivity contribution in [2.45, 2.75) is 64.7 Å². The van der Waals surface area contributed by atoms with Crippen LogP contribution in [0.4, 0.5) is 0 Å². The molecule has 2 fully saturated rings. The third kappa shape index (κ3) is 6.94. The van der Waals surface area contributed by atoms with Gasteiger partial charge in [0.25, 0.3) is 0 Å². The fourth-order valence-electron chi connectivity index (χ4n) is 8.56. The molecule has 2 atom stereocenters. The van der Waals surface area contributed by atoms with Gasteiger partial charge in [0.1, 0.15) is 4.60 Å². The summed E-state index contributed by atoms with van der Waals surface area (Å²) in [5, 5.41) is 12.3. The van der Waals surface area contributed by atoms with Gasteiger partial charge in [0, 0.05) is 121 Å². The molecule has 288 valence electrons. The average molecular weight is 883 g/mol. The van der Waals surface area contributed by atoms with Crippen LogP contribution in [0, 0.1) is 0 Å². The highest BCUT2D eigenvalue weighted by Crippen LogP contribution is 2.39. The van der Waals surface area contributed by atoms with E-state index in [0.29, 0.717) is 26.3 Å². The number of amides is 2. The van der Waals surface area contributed by atoms with Gasteiger partial charge in [-0.25, -0.2) is 4.98 Å². The maximum Gasteiger partial charge on any atom is 0.219 e. The lowest BCUT2D eigenvalue weighted by molar-refractivity contribution is -0.130. The summed E-state index contributed by atoms with van der Waals surface area (Å²) < 4.78 is 17.3. The Bertz CT molecular complexity index is 2490. The molecule has 4 aliphatic rings. The number of halogens is 2. The van der Waals surface area contributed by atoms with Crippen molar-refractivity contribution in [2.24, 2.45) is 0 Å². The Morgan fingerprint density at radius 2 is 1.27 bits per heavy atom. The zero-order valence-electron chi connectivity index (χ0n) is 31.4.